The average Bonchev–Trinajstić information content (AvgIpc) is 2.54. The van der Waals surface area contributed by atoms with Gasteiger partial charge in [-0.3, -0.25) is 0 Å². The van der Waals surface area contributed by atoms with Crippen LogP contribution in [0.25, 0.3) is 0 Å². The van der Waals surface area contributed by atoms with E-state index in [1.54, 1.807) is 0 Å². The summed E-state index contributed by atoms with van der Waals surface area (Å²) in [5, 5.41) is 0. The summed E-state index contributed by atoms with van der Waals surface area (Å²) < 4.78 is 6.40. The first kappa shape index (κ1) is 22.4. The zero-order valence-electron chi connectivity index (χ0n) is 16.0. The third-order valence-corrected chi connectivity index (χ3v) is 4.50. The van der Waals surface area contributed by atoms with Crippen molar-refractivity contribution in [3.8, 4) is 0 Å². The molecule has 23 heavy (non-hydrogen) atoms. The van der Waals surface area contributed by atoms with E-state index in [0.29, 0.717) is 12.2 Å². The van der Waals surface area contributed by atoms with Gasteiger partial charge in [0.15, 0.2) is 0 Å². The molecule has 0 aromatic rings. The lowest BCUT2D eigenvalue weighted by molar-refractivity contribution is -0.0190. The Kier molecular flexibility index (Phi) is 17.4. The van der Waals surface area contributed by atoms with Crippen LogP contribution in [0.2, 0.25) is 0 Å². The van der Waals surface area contributed by atoms with Crippen molar-refractivity contribution in [2.24, 2.45) is 0 Å². The minimum absolute atomic E-state index is 0.356. The van der Waals surface area contributed by atoms with E-state index in [2.05, 4.69) is 27.0 Å². The molecule has 0 spiro atoms. The van der Waals surface area contributed by atoms with Gasteiger partial charge >= 0.3 is 0 Å². The van der Waals surface area contributed by atoms with Gasteiger partial charge in [-0.25, -0.2) is 0 Å². The Morgan fingerprint density at radius 2 is 1.04 bits per heavy atom. The number of ether oxygens (including phenoxy) is 1. The molecular formula is C22H42O. The minimum Gasteiger partial charge on any atom is -0.374 e. The van der Waals surface area contributed by atoms with Crippen LogP contribution < -0.4 is 0 Å². The molecule has 1 heteroatoms. The molecule has 0 aromatic heterocycles. The third-order valence-electron chi connectivity index (χ3n) is 4.50. The molecule has 0 saturated heterocycles. The maximum Gasteiger partial charge on any atom is 0.0613 e. The SMILES string of the molecule is C=CCC(CCCCCCC)OC(CC=C)CCCCCCC. The topological polar surface area (TPSA) is 9.23 Å². The van der Waals surface area contributed by atoms with Gasteiger partial charge in [-0.05, 0) is 25.7 Å². The molecule has 0 fully saturated rings. The molecule has 0 N–H and O–H groups in total. The molecule has 0 aliphatic rings. The van der Waals surface area contributed by atoms with Gasteiger partial charge in [0.25, 0.3) is 0 Å². The van der Waals surface area contributed by atoms with Gasteiger partial charge in [0, 0.05) is 0 Å². The van der Waals surface area contributed by atoms with Crippen LogP contribution in [0.3, 0.4) is 0 Å². The van der Waals surface area contributed by atoms with Gasteiger partial charge in [0.05, 0.1) is 12.2 Å². The number of hydrogen-bond donors (Lipinski definition) is 0. The normalized spacial score (nSPS) is 13.7. The maximum absolute atomic E-state index is 6.40. The van der Waals surface area contributed by atoms with Crippen LogP contribution in [0.1, 0.15) is 104 Å². The lowest BCUT2D eigenvalue weighted by atomic mass is 10.0. The summed E-state index contributed by atoms with van der Waals surface area (Å²) in [7, 11) is 0. The molecule has 2 unspecified atom stereocenters. The summed E-state index contributed by atoms with van der Waals surface area (Å²) in [5.74, 6) is 0. The molecule has 0 bridgehead atoms. The molecule has 0 amide bonds. The van der Waals surface area contributed by atoms with E-state index in [9.17, 15) is 0 Å². The highest BCUT2D eigenvalue weighted by Gasteiger charge is 2.14. The van der Waals surface area contributed by atoms with Crippen molar-refractivity contribution < 1.29 is 4.74 Å². The van der Waals surface area contributed by atoms with E-state index in [4.69, 9.17) is 4.74 Å². The molecule has 0 rings (SSSR count). The molecule has 1 nitrogen and oxygen atoms in total. The lowest BCUT2D eigenvalue weighted by Gasteiger charge is -2.24. The second-order valence-electron chi connectivity index (χ2n) is 6.83. The fraction of sp³-hybridized carbons (Fsp3) is 0.818. The molecule has 2 atom stereocenters. The first-order chi connectivity index (χ1) is 11.3. The van der Waals surface area contributed by atoms with Crippen molar-refractivity contribution in [1.29, 1.82) is 0 Å². The summed E-state index contributed by atoms with van der Waals surface area (Å²) in [6, 6.07) is 0. The summed E-state index contributed by atoms with van der Waals surface area (Å²) in [6.45, 7) is 12.4. The molecule has 136 valence electrons. The Labute approximate surface area is 146 Å². The fourth-order valence-electron chi connectivity index (χ4n) is 3.08. The van der Waals surface area contributed by atoms with Crippen molar-refractivity contribution in [3.63, 3.8) is 0 Å². The highest BCUT2D eigenvalue weighted by Crippen LogP contribution is 2.19. The number of rotatable bonds is 18. The Hall–Kier alpha value is -0.560. The molecular weight excluding hydrogens is 280 g/mol. The second-order valence-corrected chi connectivity index (χ2v) is 6.83. The van der Waals surface area contributed by atoms with E-state index < -0.39 is 0 Å². The van der Waals surface area contributed by atoms with Crippen molar-refractivity contribution in [1.82, 2.24) is 0 Å². The highest BCUT2D eigenvalue weighted by molar-refractivity contribution is 4.78. The zero-order chi connectivity index (χ0) is 17.2. The zero-order valence-corrected chi connectivity index (χ0v) is 16.0. The average molecular weight is 323 g/mol. The van der Waals surface area contributed by atoms with Crippen molar-refractivity contribution in [2.75, 3.05) is 0 Å². The predicted molar refractivity (Wildman–Crippen MR) is 105 cm³/mol. The van der Waals surface area contributed by atoms with Crippen molar-refractivity contribution in [2.45, 2.75) is 116 Å². The summed E-state index contributed by atoms with van der Waals surface area (Å²) in [5.41, 5.74) is 0. The van der Waals surface area contributed by atoms with Crippen LogP contribution in [0.5, 0.6) is 0 Å². The largest absolute Gasteiger partial charge is 0.374 e. The third kappa shape index (κ3) is 14.7. The number of hydrogen-bond acceptors (Lipinski definition) is 1. The van der Waals surface area contributed by atoms with E-state index in [1.807, 2.05) is 12.2 Å². The molecule has 0 radical (unpaired) electrons. The Balaban J connectivity index is 4.07. The first-order valence-electron chi connectivity index (χ1n) is 10.2. The van der Waals surface area contributed by atoms with Gasteiger partial charge in [0.2, 0.25) is 0 Å². The molecule has 0 aromatic carbocycles. The molecule has 0 aliphatic carbocycles. The Bertz CT molecular complexity index is 233. The lowest BCUT2D eigenvalue weighted by Crippen LogP contribution is -2.22. The van der Waals surface area contributed by atoms with Gasteiger partial charge in [-0.1, -0.05) is 90.2 Å². The Morgan fingerprint density at radius 1 is 0.652 bits per heavy atom. The minimum atomic E-state index is 0.356. The van der Waals surface area contributed by atoms with Crippen LogP contribution in [-0.2, 0) is 4.74 Å². The maximum atomic E-state index is 6.40. The standard InChI is InChI=1S/C22H42O/c1-5-9-11-13-15-19-21(17-7-3)23-22(18-8-4)20-16-14-12-10-6-2/h7-8,21-22H,3-6,9-20H2,1-2H3. The van der Waals surface area contributed by atoms with Crippen LogP contribution >= 0.6 is 0 Å². The molecule has 0 heterocycles. The van der Waals surface area contributed by atoms with Crippen LogP contribution in [-0.4, -0.2) is 12.2 Å². The van der Waals surface area contributed by atoms with Gasteiger partial charge < -0.3 is 4.74 Å². The van der Waals surface area contributed by atoms with Gasteiger partial charge in [-0.2, -0.15) is 0 Å². The van der Waals surface area contributed by atoms with E-state index in [0.717, 1.165) is 12.8 Å². The smallest absolute Gasteiger partial charge is 0.0613 e. The van der Waals surface area contributed by atoms with Crippen LogP contribution in [0.15, 0.2) is 25.3 Å². The first-order valence-corrected chi connectivity index (χ1v) is 10.2. The highest BCUT2D eigenvalue weighted by atomic mass is 16.5. The number of unbranched alkanes of at least 4 members (excludes halogenated alkanes) is 8. The van der Waals surface area contributed by atoms with Crippen LogP contribution in [0, 0.1) is 0 Å². The van der Waals surface area contributed by atoms with Crippen molar-refractivity contribution in [3.05, 3.63) is 25.3 Å². The summed E-state index contributed by atoms with van der Waals surface area (Å²) >= 11 is 0. The summed E-state index contributed by atoms with van der Waals surface area (Å²) in [6.07, 6.45) is 22.4. The van der Waals surface area contributed by atoms with E-state index >= 15 is 0 Å². The van der Waals surface area contributed by atoms with Gasteiger partial charge in [0.1, 0.15) is 0 Å². The summed E-state index contributed by atoms with van der Waals surface area (Å²) in [4.78, 5) is 0. The quantitative estimate of drug-likeness (QED) is 0.186. The monoisotopic (exact) mass is 322 g/mol. The van der Waals surface area contributed by atoms with E-state index in [-0.39, 0.29) is 0 Å². The molecule has 0 saturated carbocycles. The van der Waals surface area contributed by atoms with Gasteiger partial charge in [-0.15, -0.1) is 13.2 Å². The Morgan fingerprint density at radius 3 is 1.39 bits per heavy atom. The molecule has 0 aliphatic heterocycles. The second kappa shape index (κ2) is 17.8. The van der Waals surface area contributed by atoms with Crippen LogP contribution in [0.4, 0.5) is 0 Å². The fourth-order valence-corrected chi connectivity index (χ4v) is 3.08. The predicted octanol–water partition coefficient (Wildman–Crippen LogP) is 7.61. The van der Waals surface area contributed by atoms with E-state index in [1.165, 1.54) is 77.0 Å². The van der Waals surface area contributed by atoms with Crippen molar-refractivity contribution >= 4 is 0 Å².